The molecule has 0 bridgehead atoms. The Hall–Kier alpha value is -4.74. The monoisotopic (exact) mass is 1090 g/mol. The van der Waals surface area contributed by atoms with E-state index in [1.807, 2.05) is 0 Å². The van der Waals surface area contributed by atoms with Crippen LogP contribution >= 0.6 is 0 Å². The van der Waals surface area contributed by atoms with Gasteiger partial charge in [0.1, 0.15) is 0 Å². The molecule has 0 spiro atoms. The van der Waals surface area contributed by atoms with Crippen LogP contribution in [0.4, 0.5) is 0 Å². The lowest BCUT2D eigenvalue weighted by molar-refractivity contribution is 0.0447. The van der Waals surface area contributed by atoms with Crippen molar-refractivity contribution < 1.29 is 57.2 Å². The van der Waals surface area contributed by atoms with Crippen molar-refractivity contribution in [2.24, 2.45) is 0 Å². The SMILES string of the molecule is CCCCCCCCCOC(=O)c1ccc(C(=O)OCCCCCCCCC)c(C(=O)OCCCCCCCCC)c1.CCCCCCCOC(=O)c1ccc(C(=O)OCCCCCCC)c(C(=O)OCCCCCCC)c1. The Bertz CT molecular complexity index is 1870. The van der Waals surface area contributed by atoms with Crippen LogP contribution in [0.25, 0.3) is 0 Å². The zero-order valence-corrected chi connectivity index (χ0v) is 50.1. The lowest BCUT2D eigenvalue weighted by Gasteiger charge is -2.12. The lowest BCUT2D eigenvalue weighted by atomic mass is 10.0. The van der Waals surface area contributed by atoms with Gasteiger partial charge < -0.3 is 28.4 Å². The summed E-state index contributed by atoms with van der Waals surface area (Å²) in [5.74, 6) is -3.36. The highest BCUT2D eigenvalue weighted by Crippen LogP contribution is 2.20. The van der Waals surface area contributed by atoms with Gasteiger partial charge in [0, 0.05) is 0 Å². The third-order valence-corrected chi connectivity index (χ3v) is 13.8. The molecule has 0 saturated heterocycles. The van der Waals surface area contributed by atoms with Gasteiger partial charge in [0.05, 0.1) is 73.0 Å². The van der Waals surface area contributed by atoms with Crippen LogP contribution in [0, 0.1) is 0 Å². The molecule has 444 valence electrons. The minimum atomic E-state index is -0.616. The van der Waals surface area contributed by atoms with Gasteiger partial charge in [0.25, 0.3) is 0 Å². The fourth-order valence-electron chi connectivity index (χ4n) is 8.80. The molecular formula is C66H108O12. The van der Waals surface area contributed by atoms with E-state index in [1.54, 1.807) is 0 Å². The number of carbonyl (C=O) groups excluding carboxylic acids is 6. The van der Waals surface area contributed by atoms with Gasteiger partial charge in [-0.15, -0.1) is 0 Å². The Kier molecular flexibility index (Phi) is 46.1. The molecular weight excluding hydrogens is 985 g/mol. The van der Waals surface area contributed by atoms with Crippen LogP contribution in [0.2, 0.25) is 0 Å². The molecule has 0 aliphatic rings. The predicted octanol–water partition coefficient (Wildman–Crippen LogP) is 18.5. The third kappa shape index (κ3) is 35.7. The van der Waals surface area contributed by atoms with Crippen LogP contribution in [0.1, 0.15) is 335 Å². The molecule has 0 N–H and O–H groups in total. The van der Waals surface area contributed by atoms with Crippen LogP contribution in [-0.4, -0.2) is 75.5 Å². The number of esters is 6. The number of rotatable bonds is 48. The molecule has 0 aliphatic carbocycles. The van der Waals surface area contributed by atoms with Crippen molar-refractivity contribution in [1.29, 1.82) is 0 Å². The van der Waals surface area contributed by atoms with Gasteiger partial charge in [-0.3, -0.25) is 0 Å². The van der Waals surface area contributed by atoms with Gasteiger partial charge in [-0.05, 0) is 74.9 Å². The van der Waals surface area contributed by atoms with Crippen LogP contribution in [0.3, 0.4) is 0 Å². The molecule has 0 fully saturated rings. The van der Waals surface area contributed by atoms with E-state index in [-0.39, 0.29) is 46.6 Å². The van der Waals surface area contributed by atoms with E-state index in [4.69, 9.17) is 28.4 Å². The number of unbranched alkanes of at least 4 members (excludes halogenated alkanes) is 30. The van der Waals surface area contributed by atoms with Crippen LogP contribution < -0.4 is 0 Å². The minimum Gasteiger partial charge on any atom is -0.462 e. The van der Waals surface area contributed by atoms with Crippen LogP contribution in [0.15, 0.2) is 36.4 Å². The molecule has 0 aliphatic heterocycles. The molecule has 2 aromatic carbocycles. The fraction of sp³-hybridized carbons (Fsp3) is 0.727. The number of hydrogen-bond donors (Lipinski definition) is 0. The molecule has 2 rings (SSSR count). The van der Waals surface area contributed by atoms with E-state index in [2.05, 4.69) is 41.5 Å². The molecule has 2 aromatic rings. The van der Waals surface area contributed by atoms with Crippen molar-refractivity contribution in [3.63, 3.8) is 0 Å². The van der Waals surface area contributed by atoms with E-state index >= 15 is 0 Å². The van der Waals surface area contributed by atoms with Crippen molar-refractivity contribution in [1.82, 2.24) is 0 Å². The summed E-state index contributed by atoms with van der Waals surface area (Å²) in [7, 11) is 0. The maximum atomic E-state index is 13.0. The van der Waals surface area contributed by atoms with Crippen LogP contribution in [0.5, 0.6) is 0 Å². The average molecular weight is 1090 g/mol. The number of hydrogen-bond acceptors (Lipinski definition) is 12. The van der Waals surface area contributed by atoms with Gasteiger partial charge >= 0.3 is 35.8 Å². The molecule has 0 aromatic heterocycles. The Morgan fingerprint density at radius 3 is 0.628 bits per heavy atom. The maximum absolute atomic E-state index is 13.0. The first kappa shape index (κ1) is 71.3. The highest BCUT2D eigenvalue weighted by Gasteiger charge is 2.24. The summed E-state index contributed by atoms with van der Waals surface area (Å²) in [5.41, 5.74) is 0.839. The Balaban J connectivity index is 0.000000789. The standard InChI is InChI=1S/C36H60O6.C30H48O6/c1-4-7-10-13-16-19-22-27-40-34(37)31-25-26-32(35(38)41-28-23-20-17-14-11-8-5-2)33(30-31)36(39)42-29-24-21-18-15-12-9-6-3;1-4-7-10-13-16-21-34-28(31)25-19-20-26(29(32)35-22-17-14-11-8-5-2)27(24-25)30(33)36-23-18-15-12-9-6-3/h25-26,30H,4-24,27-29H2,1-3H3;19-20,24H,4-18,21-23H2,1-3H3. The van der Waals surface area contributed by atoms with Crippen molar-refractivity contribution >= 4 is 35.8 Å². The third-order valence-electron chi connectivity index (χ3n) is 13.8. The zero-order valence-electron chi connectivity index (χ0n) is 50.1. The van der Waals surface area contributed by atoms with Crippen molar-refractivity contribution in [2.45, 2.75) is 273 Å². The van der Waals surface area contributed by atoms with Gasteiger partial charge in [-0.1, -0.05) is 234 Å². The van der Waals surface area contributed by atoms with Crippen molar-refractivity contribution in [3.8, 4) is 0 Å². The lowest BCUT2D eigenvalue weighted by Crippen LogP contribution is -2.17. The second-order valence-corrected chi connectivity index (χ2v) is 20.9. The normalized spacial score (nSPS) is 10.8. The summed E-state index contributed by atoms with van der Waals surface area (Å²) in [6.07, 6.45) is 39.2. The number of ether oxygens (including phenoxy) is 6. The molecule has 0 heterocycles. The smallest absolute Gasteiger partial charge is 0.339 e. The largest absolute Gasteiger partial charge is 0.462 e. The fourth-order valence-corrected chi connectivity index (χ4v) is 8.80. The van der Waals surface area contributed by atoms with Gasteiger partial charge in [-0.25, -0.2) is 28.8 Å². The van der Waals surface area contributed by atoms with Crippen molar-refractivity contribution in [2.75, 3.05) is 39.6 Å². The first-order valence-corrected chi connectivity index (χ1v) is 31.4. The molecule has 12 nitrogen and oxygen atoms in total. The average Bonchev–Trinajstić information content (AvgIpc) is 3.46. The van der Waals surface area contributed by atoms with E-state index < -0.39 is 35.8 Å². The van der Waals surface area contributed by atoms with E-state index in [0.717, 1.165) is 141 Å². The second-order valence-electron chi connectivity index (χ2n) is 20.9. The van der Waals surface area contributed by atoms with Crippen molar-refractivity contribution in [3.05, 3.63) is 69.8 Å². The Labute approximate surface area is 473 Å². The summed E-state index contributed by atoms with van der Waals surface area (Å²) >= 11 is 0. The maximum Gasteiger partial charge on any atom is 0.339 e. The highest BCUT2D eigenvalue weighted by atomic mass is 16.6. The molecule has 0 amide bonds. The second kappa shape index (κ2) is 50.5. The van der Waals surface area contributed by atoms with E-state index in [1.165, 1.54) is 126 Å². The summed E-state index contributed by atoms with van der Waals surface area (Å²) < 4.78 is 32.7. The topological polar surface area (TPSA) is 158 Å². The van der Waals surface area contributed by atoms with Gasteiger partial charge in [0.2, 0.25) is 0 Å². The van der Waals surface area contributed by atoms with E-state index in [9.17, 15) is 28.8 Å². The molecule has 78 heavy (non-hydrogen) atoms. The summed E-state index contributed by atoms with van der Waals surface area (Å²) in [5, 5.41) is 0. The predicted molar refractivity (Wildman–Crippen MR) is 315 cm³/mol. The van der Waals surface area contributed by atoms with Crippen LogP contribution in [-0.2, 0) is 28.4 Å². The Morgan fingerprint density at radius 1 is 0.231 bits per heavy atom. The molecule has 0 radical (unpaired) electrons. The molecule has 0 atom stereocenters. The first-order valence-electron chi connectivity index (χ1n) is 31.4. The quantitative estimate of drug-likeness (QED) is 0.0351. The zero-order chi connectivity index (χ0) is 57.1. The number of benzene rings is 2. The summed E-state index contributed by atoms with van der Waals surface area (Å²) in [6.45, 7) is 14.9. The molecule has 0 unspecified atom stereocenters. The molecule has 12 heteroatoms. The van der Waals surface area contributed by atoms with Gasteiger partial charge in [-0.2, -0.15) is 0 Å². The Morgan fingerprint density at radius 2 is 0.410 bits per heavy atom. The summed E-state index contributed by atoms with van der Waals surface area (Å²) in [4.78, 5) is 76.9. The first-order chi connectivity index (χ1) is 38.1. The number of carbonyl (C=O) groups is 6. The van der Waals surface area contributed by atoms with Gasteiger partial charge in [0.15, 0.2) is 0 Å². The molecule has 0 saturated carbocycles. The highest BCUT2D eigenvalue weighted by molar-refractivity contribution is 6.06. The summed E-state index contributed by atoms with van der Waals surface area (Å²) in [6, 6.07) is 8.82. The minimum absolute atomic E-state index is 0.0527. The van der Waals surface area contributed by atoms with E-state index in [0.29, 0.717) is 26.4 Å².